The van der Waals surface area contributed by atoms with Crippen molar-refractivity contribution in [2.75, 3.05) is 21.0 Å². The van der Waals surface area contributed by atoms with Gasteiger partial charge < -0.3 is 28.8 Å². The second-order valence-electron chi connectivity index (χ2n) is 8.97. The monoisotopic (exact) mass is 498 g/mol. The fraction of sp³-hybridized carbons (Fsp3) is 0.226. The molecule has 5 rings (SSSR count). The molecule has 0 saturated carbocycles. The molecule has 0 fully saturated rings. The van der Waals surface area contributed by atoms with Crippen LogP contribution in [0.4, 0.5) is 0 Å². The summed E-state index contributed by atoms with van der Waals surface area (Å²) >= 11 is 0. The van der Waals surface area contributed by atoms with Crippen LogP contribution in [-0.2, 0) is 25.7 Å². The largest absolute Gasteiger partial charge is 0.508 e. The van der Waals surface area contributed by atoms with Gasteiger partial charge in [0.25, 0.3) is 0 Å². The first-order chi connectivity index (χ1) is 18.1. The minimum atomic E-state index is 0.171. The van der Waals surface area contributed by atoms with Crippen molar-refractivity contribution < 1.29 is 28.8 Å². The van der Waals surface area contributed by atoms with Crippen molar-refractivity contribution in [2.24, 2.45) is 0 Å². The van der Waals surface area contributed by atoms with Gasteiger partial charge in [0.05, 0.1) is 14.2 Å². The molecule has 0 aliphatic carbocycles. The quantitative estimate of drug-likeness (QED) is 0.269. The van der Waals surface area contributed by atoms with Crippen LogP contribution in [0.1, 0.15) is 22.3 Å². The van der Waals surface area contributed by atoms with E-state index in [1.807, 2.05) is 48.5 Å². The molecular formula is C31H30O6. The molecule has 1 aliphatic rings. The Balaban J connectivity index is 1.24. The highest BCUT2D eigenvalue weighted by atomic mass is 16.7. The Kier molecular flexibility index (Phi) is 7.36. The van der Waals surface area contributed by atoms with Gasteiger partial charge in [0.15, 0.2) is 11.5 Å². The average molecular weight is 499 g/mol. The highest BCUT2D eigenvalue weighted by Crippen LogP contribution is 2.42. The minimum absolute atomic E-state index is 0.171. The van der Waals surface area contributed by atoms with E-state index < -0.39 is 0 Å². The zero-order valence-electron chi connectivity index (χ0n) is 21.0. The zero-order chi connectivity index (χ0) is 25.6. The van der Waals surface area contributed by atoms with Gasteiger partial charge in [0, 0.05) is 6.07 Å². The number of ether oxygens (including phenoxy) is 5. The van der Waals surface area contributed by atoms with E-state index in [0.29, 0.717) is 29.4 Å². The van der Waals surface area contributed by atoms with E-state index in [2.05, 4.69) is 18.2 Å². The third kappa shape index (κ3) is 6.09. The highest BCUT2D eigenvalue weighted by molar-refractivity contribution is 5.55. The molecule has 0 spiro atoms. The lowest BCUT2D eigenvalue weighted by Crippen LogP contribution is -1.95. The molecule has 4 aromatic carbocycles. The van der Waals surface area contributed by atoms with E-state index >= 15 is 0 Å². The van der Waals surface area contributed by atoms with Gasteiger partial charge >= 0.3 is 0 Å². The maximum Gasteiger partial charge on any atom is 0.231 e. The van der Waals surface area contributed by atoms with E-state index in [1.54, 1.807) is 26.4 Å². The third-order valence-electron chi connectivity index (χ3n) is 6.34. The van der Waals surface area contributed by atoms with Gasteiger partial charge in [-0.05, 0) is 96.5 Å². The molecule has 190 valence electrons. The normalized spacial score (nSPS) is 11.8. The zero-order valence-corrected chi connectivity index (χ0v) is 21.0. The van der Waals surface area contributed by atoms with Crippen molar-refractivity contribution >= 4 is 0 Å². The summed E-state index contributed by atoms with van der Waals surface area (Å²) in [6, 6.07) is 25.5. The predicted molar refractivity (Wildman–Crippen MR) is 142 cm³/mol. The topological polar surface area (TPSA) is 66.4 Å². The van der Waals surface area contributed by atoms with Crippen molar-refractivity contribution in [1.29, 1.82) is 0 Å². The van der Waals surface area contributed by atoms with E-state index in [-0.39, 0.29) is 12.5 Å². The summed E-state index contributed by atoms with van der Waals surface area (Å²) in [6.07, 6.45) is 3.25. The summed E-state index contributed by atoms with van der Waals surface area (Å²) in [4.78, 5) is 0. The lowest BCUT2D eigenvalue weighted by molar-refractivity contribution is 0.171. The molecule has 0 saturated heterocycles. The lowest BCUT2D eigenvalue weighted by Gasteiger charge is -2.11. The molecule has 37 heavy (non-hydrogen) atoms. The molecule has 1 heterocycles. The summed E-state index contributed by atoms with van der Waals surface area (Å²) in [5.74, 6) is 4.38. The highest BCUT2D eigenvalue weighted by Gasteiger charge is 2.20. The van der Waals surface area contributed by atoms with Crippen LogP contribution in [0.5, 0.6) is 40.2 Å². The number of phenols is 1. The number of hydrogen-bond acceptors (Lipinski definition) is 6. The van der Waals surface area contributed by atoms with Gasteiger partial charge in [-0.25, -0.2) is 0 Å². The van der Waals surface area contributed by atoms with Crippen molar-refractivity contribution in [3.8, 4) is 40.2 Å². The lowest BCUT2D eigenvalue weighted by atomic mass is 10.0. The van der Waals surface area contributed by atoms with E-state index in [0.717, 1.165) is 41.9 Å². The fourth-order valence-electron chi connectivity index (χ4n) is 4.48. The Bertz CT molecular complexity index is 1380. The Morgan fingerprint density at radius 3 is 2.03 bits per heavy atom. The van der Waals surface area contributed by atoms with Gasteiger partial charge in [-0.2, -0.15) is 0 Å². The molecule has 6 heteroatoms. The Hall–Kier alpha value is -4.32. The Labute approximate surface area is 217 Å². The number of hydrogen-bond donors (Lipinski definition) is 1. The smallest absolute Gasteiger partial charge is 0.231 e. The molecule has 0 aromatic heterocycles. The van der Waals surface area contributed by atoms with Gasteiger partial charge in [-0.1, -0.05) is 24.3 Å². The minimum Gasteiger partial charge on any atom is -0.508 e. The van der Waals surface area contributed by atoms with Crippen molar-refractivity contribution in [1.82, 2.24) is 0 Å². The number of rotatable bonds is 10. The first-order valence-electron chi connectivity index (χ1n) is 12.3. The van der Waals surface area contributed by atoms with Crippen LogP contribution in [0.25, 0.3) is 0 Å². The van der Waals surface area contributed by atoms with Gasteiger partial charge in [-0.15, -0.1) is 0 Å². The molecule has 4 aromatic rings. The molecule has 0 bridgehead atoms. The summed E-state index contributed by atoms with van der Waals surface area (Å²) in [5, 5.41) is 10.3. The summed E-state index contributed by atoms with van der Waals surface area (Å²) in [6.45, 7) is 0.199. The van der Waals surface area contributed by atoms with Crippen molar-refractivity contribution in [3.63, 3.8) is 0 Å². The molecule has 0 radical (unpaired) electrons. The van der Waals surface area contributed by atoms with Crippen LogP contribution in [0.15, 0.2) is 78.9 Å². The Morgan fingerprint density at radius 2 is 1.30 bits per heavy atom. The van der Waals surface area contributed by atoms with Gasteiger partial charge in [-0.3, -0.25) is 0 Å². The number of phenolic OH excluding ortho intramolecular Hbond substituents is 1. The van der Waals surface area contributed by atoms with Crippen molar-refractivity contribution in [2.45, 2.75) is 25.7 Å². The first-order valence-corrected chi connectivity index (χ1v) is 12.3. The second-order valence-corrected chi connectivity index (χ2v) is 8.97. The molecular weight excluding hydrogens is 468 g/mol. The average Bonchev–Trinajstić information content (AvgIpc) is 3.39. The van der Waals surface area contributed by atoms with Gasteiger partial charge in [0.1, 0.15) is 23.0 Å². The third-order valence-corrected chi connectivity index (χ3v) is 6.34. The SMILES string of the molecule is COc1cccc(CCc2cccc(Oc3cc(O)cc(CCc4cc(OC)c5c(c4)OCO5)c3)c2)c1. The summed E-state index contributed by atoms with van der Waals surface area (Å²) < 4.78 is 27.9. The van der Waals surface area contributed by atoms with Gasteiger partial charge in [0.2, 0.25) is 12.5 Å². The first kappa shape index (κ1) is 24.4. The molecule has 0 unspecified atom stereocenters. The van der Waals surface area contributed by atoms with Crippen LogP contribution in [0, 0.1) is 0 Å². The summed E-state index contributed by atoms with van der Waals surface area (Å²) in [5.41, 5.74) is 4.44. The van der Waals surface area contributed by atoms with E-state index in [1.165, 1.54) is 11.1 Å². The van der Waals surface area contributed by atoms with Crippen LogP contribution in [-0.4, -0.2) is 26.1 Å². The number of methoxy groups -OCH3 is 2. The Morgan fingerprint density at radius 1 is 0.649 bits per heavy atom. The van der Waals surface area contributed by atoms with E-state index in [9.17, 15) is 5.11 Å². The van der Waals surface area contributed by atoms with Crippen LogP contribution >= 0.6 is 0 Å². The van der Waals surface area contributed by atoms with Crippen molar-refractivity contribution in [3.05, 3.63) is 101 Å². The van der Waals surface area contributed by atoms with Crippen LogP contribution < -0.4 is 23.7 Å². The molecule has 0 amide bonds. The van der Waals surface area contributed by atoms with Crippen LogP contribution in [0.3, 0.4) is 0 Å². The molecule has 6 nitrogen and oxygen atoms in total. The maximum atomic E-state index is 10.3. The fourth-order valence-corrected chi connectivity index (χ4v) is 4.48. The van der Waals surface area contributed by atoms with Crippen LogP contribution in [0.2, 0.25) is 0 Å². The predicted octanol–water partition coefficient (Wildman–Crippen LogP) is 6.50. The van der Waals surface area contributed by atoms with E-state index in [4.69, 9.17) is 23.7 Å². The summed E-state index contributed by atoms with van der Waals surface area (Å²) in [7, 11) is 3.30. The number of benzene rings is 4. The molecule has 0 atom stereocenters. The molecule has 1 aliphatic heterocycles. The number of aryl methyl sites for hydroxylation is 4. The second kappa shape index (κ2) is 11.2. The standard InChI is InChI=1S/C31H30O6/c1-33-26-7-3-5-21(14-26)9-10-22-6-4-8-27(15-22)37-28-16-23(13-25(32)19-28)11-12-24-17-29(34-2)31-30(18-24)35-20-36-31/h3-8,13-19,32H,9-12,20H2,1-2H3. The number of fused-ring (bicyclic) bond motifs is 1. The number of aromatic hydroxyl groups is 1. The molecule has 1 N–H and O–H groups in total. The maximum absolute atomic E-state index is 10.3.